The fourth-order valence-electron chi connectivity index (χ4n) is 1.79. The number of para-hydroxylation sites is 1. The standard InChI is InChI=1S/C15H15NO3/c1-10(2)7-8-19-13-9-16-12-6-4-3-5-11(12)14(13)15(17)18/h3-6,9H,1,7-8H2,2H3,(H,17,18). The summed E-state index contributed by atoms with van der Waals surface area (Å²) in [7, 11) is 0. The molecule has 19 heavy (non-hydrogen) atoms. The van der Waals surface area contributed by atoms with E-state index >= 15 is 0 Å². The van der Waals surface area contributed by atoms with Gasteiger partial charge in [0.2, 0.25) is 0 Å². The molecule has 0 aliphatic rings. The van der Waals surface area contributed by atoms with Crippen LogP contribution < -0.4 is 4.74 Å². The number of benzene rings is 1. The molecule has 0 saturated heterocycles. The molecule has 0 saturated carbocycles. The monoisotopic (exact) mass is 257 g/mol. The Morgan fingerprint density at radius 2 is 2.16 bits per heavy atom. The molecule has 1 N–H and O–H groups in total. The number of ether oxygens (including phenoxy) is 1. The van der Waals surface area contributed by atoms with Crippen molar-refractivity contribution in [1.82, 2.24) is 4.98 Å². The molecule has 98 valence electrons. The molecule has 0 aliphatic heterocycles. The Kier molecular flexibility index (Phi) is 3.80. The average Bonchev–Trinajstić information content (AvgIpc) is 2.37. The number of carboxylic acids is 1. The quantitative estimate of drug-likeness (QED) is 0.835. The third-order valence-corrected chi connectivity index (χ3v) is 2.74. The Morgan fingerprint density at radius 3 is 2.84 bits per heavy atom. The molecule has 0 atom stereocenters. The lowest BCUT2D eigenvalue weighted by atomic mass is 10.1. The van der Waals surface area contributed by atoms with Gasteiger partial charge in [0.05, 0.1) is 18.3 Å². The van der Waals surface area contributed by atoms with Crippen molar-refractivity contribution >= 4 is 16.9 Å². The Labute approximate surface area is 111 Å². The molecular weight excluding hydrogens is 242 g/mol. The van der Waals surface area contributed by atoms with Crippen LogP contribution in [0.2, 0.25) is 0 Å². The van der Waals surface area contributed by atoms with E-state index in [4.69, 9.17) is 4.74 Å². The lowest BCUT2D eigenvalue weighted by molar-refractivity contribution is 0.0694. The van der Waals surface area contributed by atoms with Crippen LogP contribution in [-0.2, 0) is 0 Å². The second-order valence-corrected chi connectivity index (χ2v) is 4.38. The van der Waals surface area contributed by atoms with Crippen LogP contribution in [0.15, 0.2) is 42.6 Å². The third-order valence-electron chi connectivity index (χ3n) is 2.74. The molecule has 1 aromatic carbocycles. The first-order valence-corrected chi connectivity index (χ1v) is 5.98. The summed E-state index contributed by atoms with van der Waals surface area (Å²) in [5, 5.41) is 9.93. The van der Waals surface area contributed by atoms with Crippen LogP contribution in [0.25, 0.3) is 10.9 Å². The number of aromatic carboxylic acids is 1. The first-order valence-electron chi connectivity index (χ1n) is 5.98. The minimum Gasteiger partial charge on any atom is -0.491 e. The van der Waals surface area contributed by atoms with Crippen molar-refractivity contribution in [3.8, 4) is 5.75 Å². The van der Waals surface area contributed by atoms with Gasteiger partial charge in [0.1, 0.15) is 5.56 Å². The maximum absolute atomic E-state index is 11.4. The fourth-order valence-corrected chi connectivity index (χ4v) is 1.79. The van der Waals surface area contributed by atoms with Crippen molar-refractivity contribution in [3.05, 3.63) is 48.2 Å². The topological polar surface area (TPSA) is 59.4 Å². The van der Waals surface area contributed by atoms with E-state index in [9.17, 15) is 9.90 Å². The van der Waals surface area contributed by atoms with Crippen molar-refractivity contribution in [2.45, 2.75) is 13.3 Å². The van der Waals surface area contributed by atoms with Gasteiger partial charge in [-0.25, -0.2) is 4.79 Å². The molecule has 0 radical (unpaired) electrons. The van der Waals surface area contributed by atoms with Crippen LogP contribution in [0.1, 0.15) is 23.7 Å². The van der Waals surface area contributed by atoms with Gasteiger partial charge in [0, 0.05) is 11.8 Å². The number of hydrogen-bond donors (Lipinski definition) is 1. The Morgan fingerprint density at radius 1 is 1.42 bits per heavy atom. The second-order valence-electron chi connectivity index (χ2n) is 4.38. The lowest BCUT2D eigenvalue weighted by Gasteiger charge is -2.10. The van der Waals surface area contributed by atoms with Crippen LogP contribution in [0.3, 0.4) is 0 Å². The average molecular weight is 257 g/mol. The van der Waals surface area contributed by atoms with Crippen molar-refractivity contribution in [1.29, 1.82) is 0 Å². The van der Waals surface area contributed by atoms with Crippen LogP contribution in [0.4, 0.5) is 0 Å². The molecule has 2 aromatic rings. The summed E-state index contributed by atoms with van der Waals surface area (Å²) in [6.07, 6.45) is 2.15. The van der Waals surface area contributed by atoms with Gasteiger partial charge in [-0.15, -0.1) is 6.58 Å². The van der Waals surface area contributed by atoms with Gasteiger partial charge in [0.15, 0.2) is 5.75 Å². The minimum atomic E-state index is -1.01. The van der Waals surface area contributed by atoms with E-state index in [1.165, 1.54) is 6.20 Å². The number of carbonyl (C=O) groups is 1. The van der Waals surface area contributed by atoms with Crippen molar-refractivity contribution in [3.63, 3.8) is 0 Å². The van der Waals surface area contributed by atoms with E-state index in [1.54, 1.807) is 18.2 Å². The van der Waals surface area contributed by atoms with Crippen molar-refractivity contribution in [2.24, 2.45) is 0 Å². The van der Waals surface area contributed by atoms with Crippen molar-refractivity contribution < 1.29 is 14.6 Å². The summed E-state index contributed by atoms with van der Waals surface area (Å²) in [5.41, 5.74) is 1.80. The summed E-state index contributed by atoms with van der Waals surface area (Å²) in [6, 6.07) is 7.12. The van der Waals surface area contributed by atoms with Crippen molar-refractivity contribution in [2.75, 3.05) is 6.61 Å². The highest BCUT2D eigenvalue weighted by Crippen LogP contribution is 2.26. The fraction of sp³-hybridized carbons (Fsp3) is 0.200. The van der Waals surface area contributed by atoms with E-state index in [-0.39, 0.29) is 5.56 Å². The maximum atomic E-state index is 11.4. The zero-order valence-electron chi connectivity index (χ0n) is 10.7. The SMILES string of the molecule is C=C(C)CCOc1cnc2ccccc2c1C(=O)O. The summed E-state index contributed by atoms with van der Waals surface area (Å²) in [6.45, 7) is 6.08. The Balaban J connectivity index is 2.40. The maximum Gasteiger partial charge on any atom is 0.340 e. The summed E-state index contributed by atoms with van der Waals surface area (Å²) in [4.78, 5) is 15.6. The zero-order chi connectivity index (χ0) is 13.8. The van der Waals surface area contributed by atoms with E-state index in [0.29, 0.717) is 29.7 Å². The minimum absolute atomic E-state index is 0.160. The van der Waals surface area contributed by atoms with Gasteiger partial charge >= 0.3 is 5.97 Å². The number of nitrogens with zero attached hydrogens (tertiary/aromatic N) is 1. The first-order chi connectivity index (χ1) is 9.09. The molecule has 4 nitrogen and oxygen atoms in total. The zero-order valence-corrected chi connectivity index (χ0v) is 10.7. The molecule has 0 unspecified atom stereocenters. The number of hydrogen-bond acceptors (Lipinski definition) is 3. The number of rotatable bonds is 5. The Bertz CT molecular complexity index is 634. The van der Waals surface area contributed by atoms with E-state index in [0.717, 1.165) is 5.57 Å². The highest BCUT2D eigenvalue weighted by atomic mass is 16.5. The predicted molar refractivity (Wildman–Crippen MR) is 73.6 cm³/mol. The van der Waals surface area contributed by atoms with Gasteiger partial charge in [-0.1, -0.05) is 23.8 Å². The normalized spacial score (nSPS) is 10.4. The number of carboxylic acid groups (broad SMARTS) is 1. The molecule has 0 spiro atoms. The number of aromatic nitrogens is 1. The highest BCUT2D eigenvalue weighted by Gasteiger charge is 2.16. The molecule has 1 heterocycles. The summed E-state index contributed by atoms with van der Waals surface area (Å²) in [5.74, 6) is -0.712. The van der Waals surface area contributed by atoms with Gasteiger partial charge in [-0.3, -0.25) is 4.98 Å². The molecular formula is C15H15NO3. The third kappa shape index (κ3) is 2.91. The molecule has 0 bridgehead atoms. The number of pyridine rings is 1. The van der Waals surface area contributed by atoms with E-state index in [2.05, 4.69) is 11.6 Å². The molecule has 2 rings (SSSR count). The molecule has 0 fully saturated rings. The van der Waals surface area contributed by atoms with Crippen LogP contribution in [0, 0.1) is 0 Å². The van der Waals surface area contributed by atoms with Crippen LogP contribution in [-0.4, -0.2) is 22.7 Å². The molecule has 4 heteroatoms. The Hall–Kier alpha value is -2.36. The van der Waals surface area contributed by atoms with E-state index in [1.807, 2.05) is 13.0 Å². The number of fused-ring (bicyclic) bond motifs is 1. The summed E-state index contributed by atoms with van der Waals surface area (Å²) >= 11 is 0. The van der Waals surface area contributed by atoms with E-state index < -0.39 is 5.97 Å². The molecule has 1 aromatic heterocycles. The largest absolute Gasteiger partial charge is 0.491 e. The van der Waals surface area contributed by atoms with Crippen LogP contribution in [0.5, 0.6) is 5.75 Å². The second kappa shape index (κ2) is 5.52. The first kappa shape index (κ1) is 13.1. The van der Waals surface area contributed by atoms with Crippen LogP contribution >= 0.6 is 0 Å². The molecule has 0 amide bonds. The lowest BCUT2D eigenvalue weighted by Crippen LogP contribution is -2.06. The van der Waals surface area contributed by atoms with Gasteiger partial charge in [0.25, 0.3) is 0 Å². The predicted octanol–water partition coefficient (Wildman–Crippen LogP) is 3.28. The van der Waals surface area contributed by atoms with Gasteiger partial charge in [-0.05, 0) is 13.0 Å². The van der Waals surface area contributed by atoms with Gasteiger partial charge < -0.3 is 9.84 Å². The summed E-state index contributed by atoms with van der Waals surface area (Å²) < 4.78 is 5.51. The molecule has 0 aliphatic carbocycles. The highest BCUT2D eigenvalue weighted by molar-refractivity contribution is 6.04. The van der Waals surface area contributed by atoms with Gasteiger partial charge in [-0.2, -0.15) is 0 Å². The smallest absolute Gasteiger partial charge is 0.340 e.